The van der Waals surface area contributed by atoms with E-state index in [0.717, 1.165) is 18.3 Å². The smallest absolute Gasteiger partial charge is 0.229 e. The molecule has 0 aromatic carbocycles. The molecule has 0 bridgehead atoms. The van der Waals surface area contributed by atoms with Gasteiger partial charge in [0.05, 0.1) is 6.54 Å². The van der Waals surface area contributed by atoms with Crippen molar-refractivity contribution in [3.05, 3.63) is 11.7 Å². The van der Waals surface area contributed by atoms with Gasteiger partial charge >= 0.3 is 0 Å². The van der Waals surface area contributed by atoms with Crippen molar-refractivity contribution in [1.82, 2.24) is 15.5 Å². The van der Waals surface area contributed by atoms with Crippen molar-refractivity contribution in [2.24, 2.45) is 0 Å². The third-order valence-electron chi connectivity index (χ3n) is 3.47. The number of nitrogens with zero attached hydrogens (tertiary/aromatic N) is 2. The monoisotopic (exact) mass is 237 g/mol. The summed E-state index contributed by atoms with van der Waals surface area (Å²) in [5, 5.41) is 7.25. The lowest BCUT2D eigenvalue weighted by atomic mass is 9.91. The standard InChI is InChI=1S/C13H23N3O/c1-2-14-10-12-15-13(17-16-12)11-8-6-4-3-5-7-9-11/h11,14H,2-10H2,1H3. The quantitative estimate of drug-likeness (QED) is 0.874. The lowest BCUT2D eigenvalue weighted by Crippen LogP contribution is -2.13. The van der Waals surface area contributed by atoms with Crippen LogP contribution >= 0.6 is 0 Å². The molecule has 0 atom stereocenters. The zero-order valence-corrected chi connectivity index (χ0v) is 10.7. The summed E-state index contributed by atoms with van der Waals surface area (Å²) < 4.78 is 5.40. The summed E-state index contributed by atoms with van der Waals surface area (Å²) in [6, 6.07) is 0. The maximum absolute atomic E-state index is 5.40. The zero-order valence-electron chi connectivity index (χ0n) is 10.7. The minimum Gasteiger partial charge on any atom is -0.339 e. The van der Waals surface area contributed by atoms with Gasteiger partial charge in [-0.05, 0) is 19.4 Å². The molecular weight excluding hydrogens is 214 g/mol. The summed E-state index contributed by atoms with van der Waals surface area (Å²) in [6.07, 6.45) is 9.13. The van der Waals surface area contributed by atoms with Gasteiger partial charge in [0.2, 0.25) is 5.89 Å². The Morgan fingerprint density at radius 1 is 1.18 bits per heavy atom. The van der Waals surface area contributed by atoms with Gasteiger partial charge in [0.15, 0.2) is 5.82 Å². The second-order valence-corrected chi connectivity index (χ2v) is 4.87. The number of rotatable bonds is 4. The average molecular weight is 237 g/mol. The molecule has 1 aromatic heterocycles. The van der Waals surface area contributed by atoms with Crippen LogP contribution in [0.3, 0.4) is 0 Å². The van der Waals surface area contributed by atoms with E-state index in [2.05, 4.69) is 22.4 Å². The lowest BCUT2D eigenvalue weighted by Gasteiger charge is -2.15. The number of nitrogens with one attached hydrogen (secondary N) is 1. The number of aromatic nitrogens is 2. The molecule has 0 aliphatic heterocycles. The summed E-state index contributed by atoms with van der Waals surface area (Å²) in [4.78, 5) is 4.50. The first-order valence-electron chi connectivity index (χ1n) is 6.93. The fraction of sp³-hybridized carbons (Fsp3) is 0.846. The van der Waals surface area contributed by atoms with Gasteiger partial charge in [-0.2, -0.15) is 4.98 Å². The van der Waals surface area contributed by atoms with Crippen LogP contribution in [0.25, 0.3) is 0 Å². The van der Waals surface area contributed by atoms with Gasteiger partial charge in [0.25, 0.3) is 0 Å². The van der Waals surface area contributed by atoms with E-state index in [1.165, 1.54) is 44.9 Å². The Bertz CT molecular complexity index is 316. The molecule has 1 saturated carbocycles. The van der Waals surface area contributed by atoms with E-state index in [4.69, 9.17) is 4.52 Å². The Morgan fingerprint density at radius 3 is 2.59 bits per heavy atom. The predicted octanol–water partition coefficient (Wildman–Crippen LogP) is 3.01. The van der Waals surface area contributed by atoms with Crippen LogP contribution in [0.2, 0.25) is 0 Å². The van der Waals surface area contributed by atoms with Crippen molar-refractivity contribution in [1.29, 1.82) is 0 Å². The van der Waals surface area contributed by atoms with Gasteiger partial charge in [-0.1, -0.05) is 44.2 Å². The fourth-order valence-electron chi connectivity index (χ4n) is 2.44. The van der Waals surface area contributed by atoms with Gasteiger partial charge in [0.1, 0.15) is 0 Å². The van der Waals surface area contributed by atoms with Crippen molar-refractivity contribution in [2.45, 2.75) is 64.3 Å². The van der Waals surface area contributed by atoms with E-state index < -0.39 is 0 Å². The lowest BCUT2D eigenvalue weighted by molar-refractivity contribution is 0.320. The molecule has 0 amide bonds. The van der Waals surface area contributed by atoms with Crippen molar-refractivity contribution < 1.29 is 4.52 Å². The van der Waals surface area contributed by atoms with Gasteiger partial charge in [-0.15, -0.1) is 0 Å². The molecule has 4 heteroatoms. The Kier molecular flexibility index (Phi) is 4.98. The minimum atomic E-state index is 0.498. The molecule has 0 unspecified atom stereocenters. The van der Waals surface area contributed by atoms with Crippen molar-refractivity contribution >= 4 is 0 Å². The Morgan fingerprint density at radius 2 is 1.88 bits per heavy atom. The van der Waals surface area contributed by atoms with Crippen LogP contribution in [-0.4, -0.2) is 16.7 Å². The Labute approximate surface area is 103 Å². The van der Waals surface area contributed by atoms with E-state index in [-0.39, 0.29) is 0 Å². The molecule has 0 radical (unpaired) electrons. The molecule has 17 heavy (non-hydrogen) atoms. The molecule has 1 fully saturated rings. The maximum atomic E-state index is 5.40. The first-order valence-corrected chi connectivity index (χ1v) is 6.93. The van der Waals surface area contributed by atoms with E-state index in [9.17, 15) is 0 Å². The second kappa shape index (κ2) is 6.74. The normalized spacial score (nSPS) is 18.9. The molecule has 0 spiro atoms. The van der Waals surface area contributed by atoms with E-state index in [1.807, 2.05) is 0 Å². The second-order valence-electron chi connectivity index (χ2n) is 4.87. The summed E-state index contributed by atoms with van der Waals surface area (Å²) >= 11 is 0. The first kappa shape index (κ1) is 12.6. The van der Waals surface area contributed by atoms with E-state index in [1.54, 1.807) is 0 Å². The van der Waals surface area contributed by atoms with Crippen LogP contribution in [-0.2, 0) is 6.54 Å². The van der Waals surface area contributed by atoms with Crippen molar-refractivity contribution in [3.8, 4) is 0 Å². The predicted molar refractivity (Wildman–Crippen MR) is 66.7 cm³/mol. The van der Waals surface area contributed by atoms with Crippen LogP contribution in [0.4, 0.5) is 0 Å². The fourth-order valence-corrected chi connectivity index (χ4v) is 2.44. The molecule has 1 aromatic rings. The molecule has 1 N–H and O–H groups in total. The highest BCUT2D eigenvalue weighted by molar-refractivity contribution is 4.94. The highest BCUT2D eigenvalue weighted by Gasteiger charge is 2.19. The molecule has 0 saturated heterocycles. The van der Waals surface area contributed by atoms with Crippen LogP contribution in [0.5, 0.6) is 0 Å². The van der Waals surface area contributed by atoms with Crippen LogP contribution in [0.1, 0.15) is 69.5 Å². The van der Waals surface area contributed by atoms with Gasteiger partial charge in [-0.3, -0.25) is 0 Å². The Balaban J connectivity index is 1.92. The summed E-state index contributed by atoms with van der Waals surface area (Å²) in [5.74, 6) is 2.15. The van der Waals surface area contributed by atoms with Crippen molar-refractivity contribution in [2.75, 3.05) is 6.54 Å². The van der Waals surface area contributed by atoms with Gasteiger partial charge in [-0.25, -0.2) is 0 Å². The van der Waals surface area contributed by atoms with Gasteiger partial charge < -0.3 is 9.84 Å². The molecule has 1 aliphatic carbocycles. The molecule has 1 aliphatic rings. The SMILES string of the molecule is CCNCc1noc(C2CCCCCCC2)n1. The summed E-state index contributed by atoms with van der Waals surface area (Å²) in [5.41, 5.74) is 0. The minimum absolute atomic E-state index is 0.498. The highest BCUT2D eigenvalue weighted by Crippen LogP contribution is 2.29. The third kappa shape index (κ3) is 3.80. The van der Waals surface area contributed by atoms with Crippen molar-refractivity contribution in [3.63, 3.8) is 0 Å². The molecular formula is C13H23N3O. The summed E-state index contributed by atoms with van der Waals surface area (Å²) in [7, 11) is 0. The summed E-state index contributed by atoms with van der Waals surface area (Å²) in [6.45, 7) is 3.73. The average Bonchev–Trinajstić information content (AvgIpc) is 2.74. The van der Waals surface area contributed by atoms with Crippen LogP contribution in [0, 0.1) is 0 Å². The zero-order chi connectivity index (χ0) is 11.9. The molecule has 2 rings (SSSR count). The third-order valence-corrected chi connectivity index (χ3v) is 3.47. The van der Waals surface area contributed by atoms with Gasteiger partial charge in [0, 0.05) is 5.92 Å². The van der Waals surface area contributed by atoms with E-state index in [0.29, 0.717) is 12.5 Å². The van der Waals surface area contributed by atoms with Crippen LogP contribution < -0.4 is 5.32 Å². The molecule has 4 nitrogen and oxygen atoms in total. The number of hydrogen-bond acceptors (Lipinski definition) is 4. The van der Waals surface area contributed by atoms with Crippen LogP contribution in [0.15, 0.2) is 4.52 Å². The highest BCUT2D eigenvalue weighted by atomic mass is 16.5. The van der Waals surface area contributed by atoms with E-state index >= 15 is 0 Å². The topological polar surface area (TPSA) is 51.0 Å². The first-order chi connectivity index (χ1) is 8.40. The number of hydrogen-bond donors (Lipinski definition) is 1. The Hall–Kier alpha value is -0.900. The largest absolute Gasteiger partial charge is 0.339 e. The maximum Gasteiger partial charge on any atom is 0.229 e. The molecule has 1 heterocycles. The molecule has 96 valence electrons.